The van der Waals surface area contributed by atoms with Gasteiger partial charge in [-0.05, 0) is 57.3 Å². The molecule has 5 fully saturated rings. The van der Waals surface area contributed by atoms with E-state index >= 15 is 0 Å². The molecule has 3 saturated heterocycles. The zero-order valence-corrected chi connectivity index (χ0v) is 15.5. The minimum atomic E-state index is -0.266. The first-order valence-corrected chi connectivity index (χ1v) is 10.5. The van der Waals surface area contributed by atoms with Crippen molar-refractivity contribution in [2.75, 3.05) is 32.9 Å². The summed E-state index contributed by atoms with van der Waals surface area (Å²) in [6, 6.07) is 0.254. The van der Waals surface area contributed by atoms with Gasteiger partial charge in [0.1, 0.15) is 0 Å². The van der Waals surface area contributed by atoms with Gasteiger partial charge in [-0.15, -0.1) is 0 Å². The smallest absolute Gasteiger partial charge is 0.254 e. The average Bonchev–Trinajstić information content (AvgIpc) is 3.56. The third kappa shape index (κ3) is 2.85. The molecule has 6 nitrogen and oxygen atoms in total. The van der Waals surface area contributed by atoms with E-state index in [-0.39, 0.29) is 23.6 Å². The number of ether oxygens (including phenoxy) is 2. The van der Waals surface area contributed by atoms with Gasteiger partial charge in [-0.2, -0.15) is 0 Å². The summed E-state index contributed by atoms with van der Waals surface area (Å²) in [6.45, 7) is 3.76. The van der Waals surface area contributed by atoms with Crippen molar-refractivity contribution in [3.05, 3.63) is 0 Å². The van der Waals surface area contributed by atoms with Crippen molar-refractivity contribution in [2.45, 2.75) is 69.1 Å². The molecule has 0 aromatic heterocycles. The van der Waals surface area contributed by atoms with Crippen LogP contribution in [0, 0.1) is 11.8 Å². The van der Waals surface area contributed by atoms with Crippen molar-refractivity contribution < 1.29 is 19.1 Å². The van der Waals surface area contributed by atoms with Crippen LogP contribution in [0.1, 0.15) is 51.4 Å². The van der Waals surface area contributed by atoms with Crippen LogP contribution in [-0.4, -0.2) is 72.2 Å². The molecule has 1 atom stereocenters. The maximum Gasteiger partial charge on any atom is 0.254 e. The number of hydrogen-bond acceptors (Lipinski definition) is 4. The summed E-state index contributed by atoms with van der Waals surface area (Å²) < 4.78 is 11.7. The Balaban J connectivity index is 1.25. The molecule has 1 unspecified atom stereocenters. The van der Waals surface area contributed by atoms with E-state index in [0.29, 0.717) is 31.0 Å². The third-order valence-electron chi connectivity index (χ3n) is 7.05. The SMILES string of the molecule is O=C(C1CC1)N1CCC(N2C(=O)C(OCC3CC3)C23CCOCC3)CC1. The minimum absolute atomic E-state index is 0.155. The van der Waals surface area contributed by atoms with Gasteiger partial charge in [-0.1, -0.05) is 0 Å². The Labute approximate surface area is 155 Å². The molecule has 0 aromatic rings. The molecule has 2 amide bonds. The Bertz CT molecular complexity index is 572. The maximum absolute atomic E-state index is 13.0. The van der Waals surface area contributed by atoms with E-state index in [4.69, 9.17) is 9.47 Å². The lowest BCUT2D eigenvalue weighted by Gasteiger charge is -2.62. The summed E-state index contributed by atoms with van der Waals surface area (Å²) in [5.41, 5.74) is -0.155. The Morgan fingerprint density at radius 1 is 1.08 bits per heavy atom. The van der Waals surface area contributed by atoms with Crippen molar-refractivity contribution in [1.82, 2.24) is 9.80 Å². The van der Waals surface area contributed by atoms with Gasteiger partial charge in [0.25, 0.3) is 5.91 Å². The minimum Gasteiger partial charge on any atom is -0.381 e. The van der Waals surface area contributed by atoms with Gasteiger partial charge in [0.2, 0.25) is 5.91 Å². The van der Waals surface area contributed by atoms with E-state index in [2.05, 4.69) is 4.90 Å². The Morgan fingerprint density at radius 3 is 2.38 bits per heavy atom. The van der Waals surface area contributed by atoms with E-state index in [1.165, 1.54) is 12.8 Å². The summed E-state index contributed by atoms with van der Waals surface area (Å²) >= 11 is 0. The lowest BCUT2D eigenvalue weighted by molar-refractivity contribution is -0.219. The van der Waals surface area contributed by atoms with Gasteiger partial charge < -0.3 is 19.3 Å². The number of hydrogen-bond donors (Lipinski definition) is 0. The summed E-state index contributed by atoms with van der Waals surface area (Å²) in [4.78, 5) is 29.4. The van der Waals surface area contributed by atoms with Crippen LogP contribution in [0.25, 0.3) is 0 Å². The van der Waals surface area contributed by atoms with Gasteiger partial charge >= 0.3 is 0 Å². The van der Waals surface area contributed by atoms with Gasteiger partial charge in [0.05, 0.1) is 12.1 Å². The summed E-state index contributed by atoms with van der Waals surface area (Å²) in [6.07, 6.45) is 7.93. The van der Waals surface area contributed by atoms with E-state index in [1.807, 2.05) is 4.90 Å². The molecule has 26 heavy (non-hydrogen) atoms. The van der Waals surface area contributed by atoms with E-state index in [1.54, 1.807) is 0 Å². The van der Waals surface area contributed by atoms with Crippen molar-refractivity contribution in [2.24, 2.45) is 11.8 Å². The van der Waals surface area contributed by atoms with Gasteiger partial charge in [-0.3, -0.25) is 9.59 Å². The van der Waals surface area contributed by atoms with Crippen LogP contribution in [0.15, 0.2) is 0 Å². The number of piperidine rings is 1. The highest BCUT2D eigenvalue weighted by Gasteiger charge is 2.63. The number of carbonyl (C=O) groups excluding carboxylic acids is 2. The van der Waals surface area contributed by atoms with Crippen LogP contribution in [0.3, 0.4) is 0 Å². The monoisotopic (exact) mass is 362 g/mol. The van der Waals surface area contributed by atoms with Gasteiger partial charge in [0, 0.05) is 38.3 Å². The van der Waals surface area contributed by atoms with Crippen LogP contribution < -0.4 is 0 Å². The van der Waals surface area contributed by atoms with Crippen LogP contribution in [-0.2, 0) is 19.1 Å². The highest BCUT2D eigenvalue weighted by Crippen LogP contribution is 2.46. The highest BCUT2D eigenvalue weighted by molar-refractivity contribution is 5.91. The zero-order valence-electron chi connectivity index (χ0n) is 15.5. The largest absolute Gasteiger partial charge is 0.381 e. The number of carbonyl (C=O) groups is 2. The fourth-order valence-electron chi connectivity index (χ4n) is 5.08. The molecule has 0 bridgehead atoms. The summed E-state index contributed by atoms with van der Waals surface area (Å²) in [5, 5.41) is 0. The lowest BCUT2D eigenvalue weighted by Crippen LogP contribution is -2.79. The van der Waals surface area contributed by atoms with E-state index in [9.17, 15) is 9.59 Å². The second-order valence-electron chi connectivity index (χ2n) is 8.91. The highest BCUT2D eigenvalue weighted by atomic mass is 16.5. The molecule has 6 heteroatoms. The molecule has 3 heterocycles. The average molecular weight is 362 g/mol. The number of rotatable bonds is 5. The number of β-lactam (4-membered cyclic amide) rings is 1. The molecule has 1 spiro atoms. The first kappa shape index (κ1) is 17.0. The summed E-state index contributed by atoms with van der Waals surface area (Å²) in [7, 11) is 0. The lowest BCUT2D eigenvalue weighted by atomic mass is 9.72. The number of likely N-dealkylation sites (tertiary alicyclic amines) is 2. The fraction of sp³-hybridized carbons (Fsp3) is 0.900. The predicted octanol–water partition coefficient (Wildman–Crippen LogP) is 1.57. The van der Waals surface area contributed by atoms with Gasteiger partial charge in [-0.25, -0.2) is 0 Å². The molecular formula is C20H30N2O4. The molecule has 5 rings (SSSR count). The molecule has 2 saturated carbocycles. The predicted molar refractivity (Wildman–Crippen MR) is 94.4 cm³/mol. The second-order valence-corrected chi connectivity index (χ2v) is 8.91. The quantitative estimate of drug-likeness (QED) is 0.697. The normalized spacial score (nSPS) is 32.0. The molecule has 0 aromatic carbocycles. The van der Waals surface area contributed by atoms with Crippen LogP contribution >= 0.6 is 0 Å². The number of nitrogens with zero attached hydrogens (tertiary/aromatic N) is 2. The first-order valence-electron chi connectivity index (χ1n) is 10.5. The number of amides is 2. The molecule has 0 radical (unpaired) electrons. The third-order valence-corrected chi connectivity index (χ3v) is 7.05. The van der Waals surface area contributed by atoms with Crippen LogP contribution in [0.5, 0.6) is 0 Å². The zero-order chi connectivity index (χ0) is 17.7. The standard InChI is InChI=1S/C20H30N2O4/c23-18(15-3-4-15)21-9-5-16(6-10-21)22-19(24)17(26-13-14-1-2-14)20(22)7-11-25-12-8-20/h14-17H,1-13H2. The molecule has 3 aliphatic heterocycles. The Kier molecular flexibility index (Phi) is 4.24. The van der Waals surface area contributed by atoms with Crippen molar-refractivity contribution in [3.63, 3.8) is 0 Å². The van der Waals surface area contributed by atoms with Crippen molar-refractivity contribution in [3.8, 4) is 0 Å². The topological polar surface area (TPSA) is 59.1 Å². The summed E-state index contributed by atoms with van der Waals surface area (Å²) in [5.74, 6) is 1.48. The van der Waals surface area contributed by atoms with Crippen molar-refractivity contribution >= 4 is 11.8 Å². The molecule has 5 aliphatic rings. The molecule has 2 aliphatic carbocycles. The van der Waals surface area contributed by atoms with Crippen LogP contribution in [0.4, 0.5) is 0 Å². The van der Waals surface area contributed by atoms with Crippen molar-refractivity contribution in [1.29, 1.82) is 0 Å². The maximum atomic E-state index is 13.0. The second kappa shape index (κ2) is 6.48. The van der Waals surface area contributed by atoms with Gasteiger partial charge in [0.15, 0.2) is 6.10 Å². The fourth-order valence-corrected chi connectivity index (χ4v) is 5.08. The Hall–Kier alpha value is -1.14. The molecular weight excluding hydrogens is 332 g/mol. The first-order chi connectivity index (χ1) is 12.7. The Morgan fingerprint density at radius 2 is 1.77 bits per heavy atom. The van der Waals surface area contributed by atoms with E-state index < -0.39 is 0 Å². The molecule has 144 valence electrons. The van der Waals surface area contributed by atoms with E-state index in [0.717, 1.165) is 58.2 Å². The van der Waals surface area contributed by atoms with Crippen LogP contribution in [0.2, 0.25) is 0 Å². The molecule has 0 N–H and O–H groups in total.